The fraction of sp³-hybridized carbons (Fsp3) is 0.667. The summed E-state index contributed by atoms with van der Waals surface area (Å²) in [5.41, 5.74) is 0. The third-order valence-electron chi connectivity index (χ3n) is 2.55. The van der Waals surface area contributed by atoms with Gasteiger partial charge in [0, 0.05) is 23.9 Å². The fourth-order valence-corrected chi connectivity index (χ4v) is 2.19. The van der Waals surface area contributed by atoms with Gasteiger partial charge in [-0.3, -0.25) is 0 Å². The van der Waals surface area contributed by atoms with Gasteiger partial charge in [-0.1, -0.05) is 6.07 Å². The number of hydrogen-bond donors (Lipinski definition) is 1. The zero-order chi connectivity index (χ0) is 10.3. The van der Waals surface area contributed by atoms with Gasteiger partial charge in [-0.2, -0.15) is 0 Å². The molecule has 1 aromatic heterocycles. The maximum Gasteiger partial charge on any atom is 0.0514 e. The van der Waals surface area contributed by atoms with E-state index in [0.29, 0.717) is 0 Å². The Morgan fingerprint density at radius 1 is 1.40 bits per heavy atom. The minimum atomic E-state index is 0.830. The van der Waals surface area contributed by atoms with Crippen molar-refractivity contribution in [3.05, 3.63) is 22.4 Å². The number of nitrogens with one attached hydrogen (secondary N) is 1. The first-order valence-corrected chi connectivity index (χ1v) is 6.66. The second kappa shape index (κ2) is 6.26. The van der Waals surface area contributed by atoms with E-state index in [2.05, 4.69) is 22.8 Å². The maximum atomic E-state index is 5.58. The molecule has 0 spiro atoms. The summed E-state index contributed by atoms with van der Waals surface area (Å²) in [7, 11) is 0. The molecule has 0 aromatic carbocycles. The number of hydrogen-bond acceptors (Lipinski definition) is 3. The molecule has 1 fully saturated rings. The Labute approximate surface area is 95.6 Å². The van der Waals surface area contributed by atoms with Crippen LogP contribution in [0.4, 0.5) is 0 Å². The second-order valence-corrected chi connectivity index (χ2v) is 5.06. The van der Waals surface area contributed by atoms with Crippen LogP contribution in [-0.2, 0) is 11.2 Å². The van der Waals surface area contributed by atoms with Crippen LogP contribution in [0, 0.1) is 0 Å². The van der Waals surface area contributed by atoms with Crippen LogP contribution in [0.2, 0.25) is 0 Å². The van der Waals surface area contributed by atoms with E-state index in [1.165, 1.54) is 17.7 Å². The van der Waals surface area contributed by atoms with Gasteiger partial charge in [-0.05, 0) is 37.3 Å². The molecule has 0 saturated heterocycles. The molecular weight excluding hydrogens is 206 g/mol. The molecule has 84 valence electrons. The number of rotatable bonds is 8. The van der Waals surface area contributed by atoms with Crippen LogP contribution >= 0.6 is 11.3 Å². The summed E-state index contributed by atoms with van der Waals surface area (Å²) in [5, 5.41) is 5.60. The van der Waals surface area contributed by atoms with Gasteiger partial charge in [0.15, 0.2) is 0 Å². The summed E-state index contributed by atoms with van der Waals surface area (Å²) in [6.45, 7) is 2.87. The highest BCUT2D eigenvalue weighted by Gasteiger charge is 2.19. The van der Waals surface area contributed by atoms with Crippen LogP contribution in [0.5, 0.6) is 0 Å². The van der Waals surface area contributed by atoms with Crippen molar-refractivity contribution in [2.75, 3.05) is 19.8 Å². The summed E-state index contributed by atoms with van der Waals surface area (Å²) < 4.78 is 5.58. The lowest BCUT2D eigenvalue weighted by Crippen LogP contribution is -2.19. The lowest BCUT2D eigenvalue weighted by Gasteiger charge is -2.04. The molecule has 0 unspecified atom stereocenters. The first-order chi connectivity index (χ1) is 7.45. The van der Waals surface area contributed by atoms with E-state index in [-0.39, 0.29) is 0 Å². The van der Waals surface area contributed by atoms with Crippen molar-refractivity contribution in [3.8, 4) is 0 Å². The van der Waals surface area contributed by atoms with Gasteiger partial charge in [-0.25, -0.2) is 0 Å². The molecule has 1 saturated carbocycles. The standard InChI is InChI=1S/C12H19NOS/c1-3-12(15-10-1)6-9-14-8-2-7-13-11-4-5-11/h1,3,10-11,13H,2,4-9H2. The Morgan fingerprint density at radius 3 is 3.07 bits per heavy atom. The predicted octanol–water partition coefficient (Wildman–Crippen LogP) is 2.45. The smallest absolute Gasteiger partial charge is 0.0514 e. The molecule has 2 nitrogen and oxygen atoms in total. The molecule has 1 N–H and O–H groups in total. The Balaban J connectivity index is 1.38. The van der Waals surface area contributed by atoms with Gasteiger partial charge in [0.25, 0.3) is 0 Å². The fourth-order valence-electron chi connectivity index (χ4n) is 1.50. The van der Waals surface area contributed by atoms with Crippen molar-refractivity contribution in [2.24, 2.45) is 0 Å². The molecule has 1 heterocycles. The van der Waals surface area contributed by atoms with Gasteiger partial charge in [0.2, 0.25) is 0 Å². The van der Waals surface area contributed by atoms with Gasteiger partial charge in [0.1, 0.15) is 0 Å². The van der Waals surface area contributed by atoms with Crippen molar-refractivity contribution < 1.29 is 4.74 Å². The third-order valence-corrected chi connectivity index (χ3v) is 3.48. The molecule has 3 heteroatoms. The molecule has 1 aromatic rings. The van der Waals surface area contributed by atoms with Crippen molar-refractivity contribution in [2.45, 2.75) is 31.7 Å². The highest BCUT2D eigenvalue weighted by molar-refractivity contribution is 7.09. The van der Waals surface area contributed by atoms with E-state index in [1.54, 1.807) is 0 Å². The van der Waals surface area contributed by atoms with Crippen molar-refractivity contribution in [1.29, 1.82) is 0 Å². The molecular formula is C12H19NOS. The average molecular weight is 225 g/mol. The molecule has 1 aliphatic rings. The molecule has 15 heavy (non-hydrogen) atoms. The van der Waals surface area contributed by atoms with E-state index in [0.717, 1.165) is 38.6 Å². The molecule has 0 radical (unpaired) electrons. The Bertz CT molecular complexity index is 257. The molecule has 0 bridgehead atoms. The van der Waals surface area contributed by atoms with E-state index in [1.807, 2.05) is 11.3 Å². The highest BCUT2D eigenvalue weighted by Crippen LogP contribution is 2.18. The molecule has 1 aliphatic carbocycles. The van der Waals surface area contributed by atoms with E-state index in [9.17, 15) is 0 Å². The lowest BCUT2D eigenvalue weighted by molar-refractivity contribution is 0.135. The van der Waals surface area contributed by atoms with Gasteiger partial charge >= 0.3 is 0 Å². The minimum absolute atomic E-state index is 0.830. The largest absolute Gasteiger partial charge is 0.381 e. The Kier molecular flexibility index (Phi) is 4.64. The Morgan fingerprint density at radius 2 is 2.33 bits per heavy atom. The maximum absolute atomic E-state index is 5.58. The van der Waals surface area contributed by atoms with Crippen LogP contribution in [0.1, 0.15) is 24.1 Å². The summed E-state index contributed by atoms with van der Waals surface area (Å²) in [4.78, 5) is 1.42. The normalized spacial score (nSPS) is 15.7. The minimum Gasteiger partial charge on any atom is -0.381 e. The first kappa shape index (κ1) is 11.1. The Hall–Kier alpha value is -0.380. The van der Waals surface area contributed by atoms with Crippen molar-refractivity contribution in [3.63, 3.8) is 0 Å². The summed E-state index contributed by atoms with van der Waals surface area (Å²) in [5.74, 6) is 0. The van der Waals surface area contributed by atoms with Crippen LogP contribution in [0.3, 0.4) is 0 Å². The van der Waals surface area contributed by atoms with Gasteiger partial charge in [-0.15, -0.1) is 11.3 Å². The molecule has 2 rings (SSSR count). The average Bonchev–Trinajstić information content (AvgIpc) is 2.92. The van der Waals surface area contributed by atoms with E-state index >= 15 is 0 Å². The third kappa shape index (κ3) is 4.78. The van der Waals surface area contributed by atoms with Crippen LogP contribution < -0.4 is 5.32 Å². The van der Waals surface area contributed by atoms with E-state index in [4.69, 9.17) is 4.74 Å². The van der Waals surface area contributed by atoms with Crippen LogP contribution in [0.15, 0.2) is 17.5 Å². The number of ether oxygens (including phenoxy) is 1. The van der Waals surface area contributed by atoms with Crippen LogP contribution in [0.25, 0.3) is 0 Å². The topological polar surface area (TPSA) is 21.3 Å². The highest BCUT2D eigenvalue weighted by atomic mass is 32.1. The quantitative estimate of drug-likeness (QED) is 0.686. The summed E-state index contributed by atoms with van der Waals surface area (Å²) in [6, 6.07) is 5.10. The van der Waals surface area contributed by atoms with Gasteiger partial charge in [0.05, 0.1) is 6.61 Å². The second-order valence-electron chi connectivity index (χ2n) is 4.02. The monoisotopic (exact) mass is 225 g/mol. The summed E-state index contributed by atoms with van der Waals surface area (Å²) in [6.07, 6.45) is 4.95. The molecule has 0 atom stereocenters. The van der Waals surface area contributed by atoms with Gasteiger partial charge < -0.3 is 10.1 Å². The van der Waals surface area contributed by atoms with Crippen LogP contribution in [-0.4, -0.2) is 25.8 Å². The zero-order valence-electron chi connectivity index (χ0n) is 9.08. The molecule has 0 amide bonds. The number of thiophene rings is 1. The lowest BCUT2D eigenvalue weighted by atomic mass is 10.3. The predicted molar refractivity (Wildman–Crippen MR) is 64.5 cm³/mol. The molecule has 0 aliphatic heterocycles. The van der Waals surface area contributed by atoms with Crippen molar-refractivity contribution >= 4 is 11.3 Å². The van der Waals surface area contributed by atoms with E-state index < -0.39 is 0 Å². The summed E-state index contributed by atoms with van der Waals surface area (Å²) >= 11 is 1.81. The van der Waals surface area contributed by atoms with Crippen molar-refractivity contribution in [1.82, 2.24) is 5.32 Å². The SMILES string of the molecule is c1csc(CCOCCCNC2CC2)c1. The first-order valence-electron chi connectivity index (χ1n) is 5.78. The zero-order valence-corrected chi connectivity index (χ0v) is 9.89.